The second kappa shape index (κ2) is 6.17. The fourth-order valence-electron chi connectivity index (χ4n) is 7.35. The summed E-state index contributed by atoms with van der Waals surface area (Å²) in [7, 11) is 3.17. The van der Waals surface area contributed by atoms with Crippen LogP contribution in [-0.4, -0.2) is 39.1 Å². The number of ether oxygens (including phenoxy) is 4. The summed E-state index contributed by atoms with van der Waals surface area (Å²) in [5, 5.41) is 0. The van der Waals surface area contributed by atoms with Crippen LogP contribution in [0.1, 0.15) is 39.0 Å². The lowest BCUT2D eigenvalue weighted by Crippen LogP contribution is -2.68. The van der Waals surface area contributed by atoms with Gasteiger partial charge in [0.25, 0.3) is 0 Å². The molecule has 2 bridgehead atoms. The summed E-state index contributed by atoms with van der Waals surface area (Å²) in [4.78, 5) is 24.9. The Labute approximate surface area is 165 Å². The van der Waals surface area contributed by atoms with Crippen LogP contribution in [-0.2, 0) is 28.5 Å². The molecule has 2 heterocycles. The molecule has 0 unspecified atom stereocenters. The van der Waals surface area contributed by atoms with Gasteiger partial charge in [0.15, 0.2) is 6.29 Å². The van der Waals surface area contributed by atoms with E-state index < -0.39 is 5.41 Å². The number of methoxy groups -OCH3 is 2. The highest BCUT2D eigenvalue weighted by molar-refractivity contribution is 5.88. The fourth-order valence-corrected chi connectivity index (χ4v) is 7.35. The molecule has 0 amide bonds. The lowest BCUT2D eigenvalue weighted by Gasteiger charge is -2.66. The number of hydrogen-bond acceptors (Lipinski definition) is 6. The Bertz CT molecular complexity index is 784. The van der Waals surface area contributed by atoms with E-state index in [2.05, 4.69) is 13.0 Å². The third-order valence-electron chi connectivity index (χ3n) is 8.39. The van der Waals surface area contributed by atoms with Gasteiger partial charge in [-0.15, -0.1) is 0 Å². The molecule has 0 radical (unpaired) electrons. The van der Waals surface area contributed by atoms with Gasteiger partial charge in [-0.3, -0.25) is 4.79 Å². The van der Waals surface area contributed by atoms with Crippen molar-refractivity contribution in [2.24, 2.45) is 34.5 Å². The molecule has 2 saturated carbocycles. The molecular weight excluding hydrogens is 360 g/mol. The van der Waals surface area contributed by atoms with Gasteiger partial charge >= 0.3 is 11.9 Å². The largest absolute Gasteiger partial charge is 0.469 e. The third-order valence-corrected chi connectivity index (χ3v) is 8.39. The maximum Gasteiger partial charge on any atom is 0.336 e. The van der Waals surface area contributed by atoms with Crippen LogP contribution < -0.4 is 0 Å². The van der Waals surface area contributed by atoms with Crippen molar-refractivity contribution >= 4 is 11.9 Å². The minimum atomic E-state index is -0.600. The number of rotatable bonds is 2. The van der Waals surface area contributed by atoms with Crippen LogP contribution in [0.15, 0.2) is 23.5 Å². The first-order valence-electron chi connectivity index (χ1n) is 10.4. The van der Waals surface area contributed by atoms with Gasteiger partial charge < -0.3 is 18.9 Å². The van der Waals surface area contributed by atoms with Crippen molar-refractivity contribution in [3.05, 3.63) is 23.5 Å². The molecule has 5 rings (SSSR count). The van der Waals surface area contributed by atoms with Crippen LogP contribution in [0, 0.1) is 34.5 Å². The number of hydrogen-bond donors (Lipinski definition) is 0. The molecule has 0 aromatic rings. The first-order valence-corrected chi connectivity index (χ1v) is 10.4. The van der Waals surface area contributed by atoms with E-state index in [0.717, 1.165) is 37.7 Å². The normalized spacial score (nSPS) is 46.4. The molecule has 0 spiro atoms. The average Bonchev–Trinajstić information content (AvgIpc) is 3.07. The molecule has 28 heavy (non-hydrogen) atoms. The average molecular weight is 388 g/mol. The number of fused-ring (bicyclic) bond motifs is 2. The lowest BCUT2D eigenvalue weighted by atomic mass is 9.42. The summed E-state index contributed by atoms with van der Waals surface area (Å²) in [6.45, 7) is 2.55. The van der Waals surface area contributed by atoms with E-state index in [-0.39, 0.29) is 41.4 Å². The standard InChI is InChI=1S/C22H28O6/c1-12-13-5-6-17-21(19(24)25-2)7-4-8-22(17,20(26-3)27-11-21)15(13)10-16-14(12)9-18(23)28-16/h9-10,12-13,15,17,20H,4-8,11H2,1-3H3/t12-,13+,15+,17+,20-,21+,22+/m1/s1. The Morgan fingerprint density at radius 3 is 2.82 bits per heavy atom. The van der Waals surface area contributed by atoms with Crippen LogP contribution in [0.25, 0.3) is 0 Å². The van der Waals surface area contributed by atoms with E-state index in [1.165, 1.54) is 7.11 Å². The van der Waals surface area contributed by atoms with Crippen LogP contribution >= 0.6 is 0 Å². The predicted molar refractivity (Wildman–Crippen MR) is 98.6 cm³/mol. The van der Waals surface area contributed by atoms with Crippen molar-refractivity contribution in [2.45, 2.75) is 45.3 Å². The molecule has 6 heteroatoms. The van der Waals surface area contributed by atoms with E-state index in [0.29, 0.717) is 18.3 Å². The zero-order valence-corrected chi connectivity index (χ0v) is 16.7. The van der Waals surface area contributed by atoms with Gasteiger partial charge in [0.2, 0.25) is 0 Å². The molecule has 3 fully saturated rings. The van der Waals surface area contributed by atoms with E-state index in [1.807, 2.05) is 0 Å². The Morgan fingerprint density at radius 1 is 1.25 bits per heavy atom. The lowest BCUT2D eigenvalue weighted by molar-refractivity contribution is -0.321. The highest BCUT2D eigenvalue weighted by atomic mass is 16.7. The number of esters is 2. The van der Waals surface area contributed by atoms with E-state index in [9.17, 15) is 9.59 Å². The second-order valence-corrected chi connectivity index (χ2v) is 9.15. The van der Waals surface area contributed by atoms with Gasteiger partial charge in [0.05, 0.1) is 19.1 Å². The third kappa shape index (κ3) is 2.11. The van der Waals surface area contributed by atoms with Crippen LogP contribution in [0.4, 0.5) is 0 Å². The second-order valence-electron chi connectivity index (χ2n) is 9.15. The zero-order valence-electron chi connectivity index (χ0n) is 16.7. The van der Waals surface area contributed by atoms with Crippen LogP contribution in [0.3, 0.4) is 0 Å². The number of carbonyl (C=O) groups excluding carboxylic acids is 2. The van der Waals surface area contributed by atoms with Crippen molar-refractivity contribution in [1.29, 1.82) is 0 Å². The van der Waals surface area contributed by atoms with Crippen LogP contribution in [0.5, 0.6) is 0 Å². The molecule has 152 valence electrons. The maximum atomic E-state index is 13.0. The molecule has 0 N–H and O–H groups in total. The minimum absolute atomic E-state index is 0.146. The smallest absolute Gasteiger partial charge is 0.336 e. The van der Waals surface area contributed by atoms with Gasteiger partial charge in [-0.1, -0.05) is 13.3 Å². The van der Waals surface area contributed by atoms with Crippen LogP contribution in [0.2, 0.25) is 0 Å². The summed E-state index contributed by atoms with van der Waals surface area (Å²) < 4.78 is 22.9. The van der Waals surface area contributed by atoms with Crippen molar-refractivity contribution < 1.29 is 28.5 Å². The first kappa shape index (κ1) is 18.4. The SMILES string of the molecule is COC(=O)[C@@]12CCC[C@]3([C@H](OC)OC1)[C@H]1C=C4OC(=O)C=C4[C@H](C)[C@@H]1CC[C@@H]23. The first-order chi connectivity index (χ1) is 13.5. The quantitative estimate of drug-likeness (QED) is 0.678. The predicted octanol–water partition coefficient (Wildman–Crippen LogP) is 2.98. The molecule has 5 aliphatic rings. The van der Waals surface area contributed by atoms with Crippen molar-refractivity contribution in [3.63, 3.8) is 0 Å². The van der Waals surface area contributed by atoms with Gasteiger partial charge in [-0.25, -0.2) is 4.79 Å². The van der Waals surface area contributed by atoms with Gasteiger partial charge in [0.1, 0.15) is 5.76 Å². The summed E-state index contributed by atoms with van der Waals surface area (Å²) in [6.07, 6.45) is 8.07. The fraction of sp³-hybridized carbons (Fsp3) is 0.727. The maximum absolute atomic E-state index is 13.0. The number of allylic oxidation sites excluding steroid dienone is 2. The molecule has 2 aliphatic heterocycles. The highest BCUT2D eigenvalue weighted by Gasteiger charge is 2.70. The van der Waals surface area contributed by atoms with E-state index in [1.54, 1.807) is 13.2 Å². The zero-order chi connectivity index (χ0) is 19.7. The highest BCUT2D eigenvalue weighted by Crippen LogP contribution is 2.68. The van der Waals surface area contributed by atoms with E-state index >= 15 is 0 Å². The Hall–Kier alpha value is -1.66. The topological polar surface area (TPSA) is 71.1 Å². The monoisotopic (exact) mass is 388 g/mol. The Balaban J connectivity index is 1.66. The summed E-state index contributed by atoms with van der Waals surface area (Å²) in [5.74, 6) is 1.18. The molecule has 0 aromatic carbocycles. The number of carbonyl (C=O) groups is 2. The minimum Gasteiger partial charge on any atom is -0.469 e. The molecule has 1 saturated heterocycles. The Kier molecular flexibility index (Phi) is 4.05. The summed E-state index contributed by atoms with van der Waals surface area (Å²) in [6, 6.07) is 0. The molecule has 7 atom stereocenters. The summed E-state index contributed by atoms with van der Waals surface area (Å²) >= 11 is 0. The molecular formula is C22H28O6. The molecule has 3 aliphatic carbocycles. The van der Waals surface area contributed by atoms with Gasteiger partial charge in [-0.2, -0.15) is 0 Å². The molecule has 0 aromatic heterocycles. The van der Waals surface area contributed by atoms with Crippen molar-refractivity contribution in [3.8, 4) is 0 Å². The summed E-state index contributed by atoms with van der Waals surface area (Å²) in [5.41, 5.74) is 0.114. The Morgan fingerprint density at radius 2 is 2.07 bits per heavy atom. The van der Waals surface area contributed by atoms with Gasteiger partial charge in [0, 0.05) is 24.2 Å². The van der Waals surface area contributed by atoms with Crippen molar-refractivity contribution in [2.75, 3.05) is 20.8 Å². The van der Waals surface area contributed by atoms with Crippen molar-refractivity contribution in [1.82, 2.24) is 0 Å². The van der Waals surface area contributed by atoms with Gasteiger partial charge in [-0.05, 0) is 55.4 Å². The van der Waals surface area contributed by atoms with E-state index in [4.69, 9.17) is 18.9 Å². The molecule has 6 nitrogen and oxygen atoms in total.